The van der Waals surface area contributed by atoms with Gasteiger partial charge in [-0.2, -0.15) is 0 Å². The number of hydrogen-bond acceptors (Lipinski definition) is 3. The highest BCUT2D eigenvalue weighted by molar-refractivity contribution is 5.42. The van der Waals surface area contributed by atoms with Gasteiger partial charge in [-0.25, -0.2) is 4.98 Å². The molecule has 3 nitrogen and oxygen atoms in total. The summed E-state index contributed by atoms with van der Waals surface area (Å²) in [4.78, 5) is 6.90. The topological polar surface area (TPSA) is 28.2 Å². The molecule has 1 aliphatic carbocycles. The molecule has 0 bridgehead atoms. The van der Waals surface area contributed by atoms with Crippen molar-refractivity contribution in [3.8, 4) is 0 Å². The van der Waals surface area contributed by atoms with Gasteiger partial charge in [0.2, 0.25) is 0 Å². The second-order valence-corrected chi connectivity index (χ2v) is 5.52. The molecule has 1 N–H and O–H groups in total. The Morgan fingerprint density at radius 1 is 1.41 bits per heavy atom. The Morgan fingerprint density at radius 2 is 2.29 bits per heavy atom. The smallest absolute Gasteiger partial charge is 0.128 e. The third-order valence-corrected chi connectivity index (χ3v) is 3.73. The Morgan fingerprint density at radius 3 is 3.00 bits per heavy atom. The predicted molar refractivity (Wildman–Crippen MR) is 70.1 cm³/mol. The first-order valence-electron chi connectivity index (χ1n) is 6.74. The highest BCUT2D eigenvalue weighted by Gasteiger charge is 2.21. The van der Waals surface area contributed by atoms with Crippen molar-refractivity contribution in [2.45, 2.75) is 38.8 Å². The number of hydrogen-bond donors (Lipinski definition) is 1. The first kappa shape index (κ1) is 11.0. The number of rotatable bonds is 4. The number of nitrogens with one attached hydrogen (secondary N) is 1. The molecule has 0 aromatic carbocycles. The van der Waals surface area contributed by atoms with Gasteiger partial charge in [0.15, 0.2) is 0 Å². The zero-order chi connectivity index (χ0) is 11.7. The van der Waals surface area contributed by atoms with E-state index < -0.39 is 0 Å². The van der Waals surface area contributed by atoms with Gasteiger partial charge in [-0.3, -0.25) is 0 Å². The Kier molecular flexibility index (Phi) is 3.02. The monoisotopic (exact) mass is 231 g/mol. The van der Waals surface area contributed by atoms with Crippen LogP contribution >= 0.6 is 0 Å². The molecule has 1 aromatic rings. The maximum absolute atomic E-state index is 4.50. The van der Waals surface area contributed by atoms with Crippen LogP contribution in [0.4, 0.5) is 5.82 Å². The van der Waals surface area contributed by atoms with Gasteiger partial charge in [0.25, 0.3) is 0 Å². The van der Waals surface area contributed by atoms with Crippen LogP contribution in [0, 0.1) is 5.92 Å². The maximum Gasteiger partial charge on any atom is 0.128 e. The zero-order valence-electron chi connectivity index (χ0n) is 10.5. The highest BCUT2D eigenvalue weighted by atomic mass is 15.2. The van der Waals surface area contributed by atoms with E-state index in [-0.39, 0.29) is 0 Å². The molecule has 2 aliphatic rings. The number of nitrogens with zero attached hydrogens (tertiary/aromatic N) is 2. The van der Waals surface area contributed by atoms with E-state index in [1.54, 1.807) is 0 Å². The summed E-state index contributed by atoms with van der Waals surface area (Å²) in [5.74, 6) is 1.97. The molecular formula is C14H21N3. The standard InChI is InChI=1S/C14H21N3/c1-11-5-7-17(10-11)14-8-12(4-6-15-14)9-16-13-2-3-13/h4,6,8,11,13,16H,2-3,5,7,9-10H2,1H3. The van der Waals surface area contributed by atoms with Crippen LogP contribution in [0.15, 0.2) is 18.3 Å². The van der Waals surface area contributed by atoms with Gasteiger partial charge in [-0.15, -0.1) is 0 Å². The van der Waals surface area contributed by atoms with Crippen LogP contribution in [0.2, 0.25) is 0 Å². The van der Waals surface area contributed by atoms with Crippen molar-refractivity contribution in [1.29, 1.82) is 0 Å². The second kappa shape index (κ2) is 4.65. The van der Waals surface area contributed by atoms with Gasteiger partial charge in [0.05, 0.1) is 0 Å². The van der Waals surface area contributed by atoms with Gasteiger partial charge < -0.3 is 10.2 Å². The van der Waals surface area contributed by atoms with Crippen molar-refractivity contribution in [2.24, 2.45) is 5.92 Å². The third kappa shape index (κ3) is 2.78. The molecule has 92 valence electrons. The molecule has 1 aliphatic heterocycles. The van der Waals surface area contributed by atoms with E-state index in [0.717, 1.165) is 37.4 Å². The first-order chi connectivity index (χ1) is 8.31. The fourth-order valence-corrected chi connectivity index (χ4v) is 2.44. The quantitative estimate of drug-likeness (QED) is 0.861. The van der Waals surface area contributed by atoms with Crippen molar-refractivity contribution in [3.63, 3.8) is 0 Å². The lowest BCUT2D eigenvalue weighted by molar-refractivity contribution is 0.658. The van der Waals surface area contributed by atoms with Gasteiger partial charge in [-0.05, 0) is 42.9 Å². The summed E-state index contributed by atoms with van der Waals surface area (Å²) in [5.41, 5.74) is 1.36. The van der Waals surface area contributed by atoms with E-state index in [4.69, 9.17) is 0 Å². The van der Waals surface area contributed by atoms with Crippen molar-refractivity contribution in [1.82, 2.24) is 10.3 Å². The van der Waals surface area contributed by atoms with Gasteiger partial charge >= 0.3 is 0 Å². The molecule has 2 fully saturated rings. The summed E-state index contributed by atoms with van der Waals surface area (Å²) in [7, 11) is 0. The first-order valence-corrected chi connectivity index (χ1v) is 6.74. The molecule has 1 atom stereocenters. The lowest BCUT2D eigenvalue weighted by atomic mass is 10.2. The molecule has 1 saturated carbocycles. The van der Waals surface area contributed by atoms with E-state index in [9.17, 15) is 0 Å². The number of aromatic nitrogens is 1. The SMILES string of the molecule is CC1CCN(c2cc(CNC3CC3)ccn2)C1. The van der Waals surface area contributed by atoms with Gasteiger partial charge in [-0.1, -0.05) is 6.92 Å². The fourth-order valence-electron chi connectivity index (χ4n) is 2.44. The number of anilines is 1. The minimum atomic E-state index is 0.776. The summed E-state index contributed by atoms with van der Waals surface area (Å²) in [6.45, 7) is 5.63. The van der Waals surface area contributed by atoms with Gasteiger partial charge in [0, 0.05) is 31.9 Å². The van der Waals surface area contributed by atoms with Crippen molar-refractivity contribution in [3.05, 3.63) is 23.9 Å². The van der Waals surface area contributed by atoms with Crippen LogP contribution in [-0.4, -0.2) is 24.1 Å². The van der Waals surface area contributed by atoms with Crippen molar-refractivity contribution >= 4 is 5.82 Å². The zero-order valence-corrected chi connectivity index (χ0v) is 10.5. The van der Waals surface area contributed by atoms with Crippen LogP contribution < -0.4 is 10.2 Å². The van der Waals surface area contributed by atoms with Crippen molar-refractivity contribution in [2.75, 3.05) is 18.0 Å². The number of pyridine rings is 1. The predicted octanol–water partition coefficient (Wildman–Crippen LogP) is 2.18. The lowest BCUT2D eigenvalue weighted by Crippen LogP contribution is -2.21. The van der Waals surface area contributed by atoms with Crippen LogP contribution in [-0.2, 0) is 6.54 Å². The normalized spacial score (nSPS) is 24.3. The van der Waals surface area contributed by atoms with E-state index in [2.05, 4.69) is 34.3 Å². The fraction of sp³-hybridized carbons (Fsp3) is 0.643. The van der Waals surface area contributed by atoms with Crippen LogP contribution in [0.1, 0.15) is 31.7 Å². The average Bonchev–Trinajstić information content (AvgIpc) is 3.08. The largest absolute Gasteiger partial charge is 0.356 e. The Bertz CT molecular complexity index is 387. The molecule has 1 aromatic heterocycles. The molecule has 0 amide bonds. The van der Waals surface area contributed by atoms with Crippen LogP contribution in [0.5, 0.6) is 0 Å². The molecule has 17 heavy (non-hydrogen) atoms. The third-order valence-electron chi connectivity index (χ3n) is 3.73. The molecule has 0 spiro atoms. The molecule has 1 unspecified atom stereocenters. The van der Waals surface area contributed by atoms with Crippen LogP contribution in [0.25, 0.3) is 0 Å². The van der Waals surface area contributed by atoms with Crippen LogP contribution in [0.3, 0.4) is 0 Å². The molecular weight excluding hydrogens is 210 g/mol. The summed E-state index contributed by atoms with van der Waals surface area (Å²) in [5, 5.41) is 3.55. The van der Waals surface area contributed by atoms with Crippen molar-refractivity contribution < 1.29 is 0 Å². The van der Waals surface area contributed by atoms with Gasteiger partial charge in [0.1, 0.15) is 5.82 Å². The molecule has 3 rings (SSSR count). The van der Waals surface area contributed by atoms with E-state index >= 15 is 0 Å². The summed E-state index contributed by atoms with van der Waals surface area (Å²) in [6.07, 6.45) is 5.94. The Hall–Kier alpha value is -1.09. The molecule has 3 heteroatoms. The Balaban J connectivity index is 1.65. The highest BCUT2D eigenvalue weighted by Crippen LogP contribution is 2.23. The molecule has 1 saturated heterocycles. The summed E-state index contributed by atoms with van der Waals surface area (Å²) in [6, 6.07) is 5.14. The summed E-state index contributed by atoms with van der Waals surface area (Å²) < 4.78 is 0. The molecule has 0 radical (unpaired) electrons. The van der Waals surface area contributed by atoms with E-state index in [1.807, 2.05) is 6.20 Å². The second-order valence-electron chi connectivity index (χ2n) is 5.52. The minimum absolute atomic E-state index is 0.776. The average molecular weight is 231 g/mol. The lowest BCUT2D eigenvalue weighted by Gasteiger charge is -2.17. The molecule has 2 heterocycles. The van der Waals surface area contributed by atoms with E-state index in [0.29, 0.717) is 0 Å². The van der Waals surface area contributed by atoms with E-state index in [1.165, 1.54) is 24.8 Å². The maximum atomic E-state index is 4.50. The minimum Gasteiger partial charge on any atom is -0.356 e. The summed E-state index contributed by atoms with van der Waals surface area (Å²) >= 11 is 0. The Labute approximate surface area is 103 Å².